The average molecular weight is 400 g/mol. The van der Waals surface area contributed by atoms with Crippen LogP contribution in [0.3, 0.4) is 0 Å². The van der Waals surface area contributed by atoms with E-state index in [9.17, 15) is 4.79 Å². The maximum absolute atomic E-state index is 12.3. The van der Waals surface area contributed by atoms with Crippen LogP contribution in [-0.4, -0.2) is 23.5 Å². The molecule has 24 heavy (non-hydrogen) atoms. The smallest absolute Gasteiger partial charge is 0.233 e. The molecule has 0 fully saturated rings. The number of carbonyl (C=O) groups excluding carboxylic acids is 1. The molecule has 1 amide bonds. The highest BCUT2D eigenvalue weighted by molar-refractivity contribution is 8.00. The standard InChI is InChI=1S/C18H19Cl2NOS2/c1-2-17(24-16-9-5-14(20)6-10-16)18(22)21-11-12-23-15-7-3-13(19)4-8-15/h3-10,17H,2,11-12H2,1H3,(H,21,22)/t17-/m1/s1. The molecule has 0 saturated heterocycles. The molecule has 2 aromatic rings. The average Bonchev–Trinajstić information content (AvgIpc) is 2.59. The van der Waals surface area contributed by atoms with Crippen LogP contribution in [0.5, 0.6) is 0 Å². The van der Waals surface area contributed by atoms with Gasteiger partial charge in [0, 0.05) is 32.1 Å². The predicted molar refractivity (Wildman–Crippen MR) is 107 cm³/mol. The summed E-state index contributed by atoms with van der Waals surface area (Å²) in [4.78, 5) is 14.5. The summed E-state index contributed by atoms with van der Waals surface area (Å²) in [5.74, 6) is 0.907. The minimum absolute atomic E-state index is 0.0779. The van der Waals surface area contributed by atoms with Crippen molar-refractivity contribution in [3.63, 3.8) is 0 Å². The third-order valence-electron chi connectivity index (χ3n) is 3.24. The summed E-state index contributed by atoms with van der Waals surface area (Å²) >= 11 is 15.0. The Morgan fingerprint density at radius 3 is 2.08 bits per heavy atom. The number of amides is 1. The van der Waals surface area contributed by atoms with Crippen LogP contribution in [0, 0.1) is 0 Å². The fourth-order valence-electron chi connectivity index (χ4n) is 1.99. The van der Waals surface area contributed by atoms with Crippen LogP contribution in [0.2, 0.25) is 10.0 Å². The van der Waals surface area contributed by atoms with Crippen LogP contribution in [0.4, 0.5) is 0 Å². The molecule has 0 heterocycles. The minimum atomic E-state index is -0.0910. The lowest BCUT2D eigenvalue weighted by Gasteiger charge is -2.14. The topological polar surface area (TPSA) is 29.1 Å². The molecule has 0 bridgehead atoms. The summed E-state index contributed by atoms with van der Waals surface area (Å²) in [6.07, 6.45) is 0.781. The first-order valence-corrected chi connectivity index (χ1v) is 10.3. The van der Waals surface area contributed by atoms with Gasteiger partial charge >= 0.3 is 0 Å². The SMILES string of the molecule is CC[C@@H](Sc1ccc(Cl)cc1)C(=O)NCCSc1ccc(Cl)cc1. The van der Waals surface area contributed by atoms with Crippen molar-refractivity contribution in [3.8, 4) is 0 Å². The van der Waals surface area contributed by atoms with Gasteiger partial charge in [-0.05, 0) is 55.0 Å². The lowest BCUT2D eigenvalue weighted by molar-refractivity contribution is -0.120. The molecule has 2 aromatic carbocycles. The van der Waals surface area contributed by atoms with Crippen LogP contribution >= 0.6 is 46.7 Å². The zero-order chi connectivity index (χ0) is 17.4. The van der Waals surface area contributed by atoms with Crippen LogP contribution in [0.1, 0.15) is 13.3 Å². The van der Waals surface area contributed by atoms with Gasteiger partial charge < -0.3 is 5.32 Å². The Bertz CT molecular complexity index is 647. The first-order valence-electron chi connectivity index (χ1n) is 7.67. The Balaban J connectivity index is 1.75. The fourth-order valence-corrected chi connectivity index (χ4v) is 3.99. The van der Waals surface area contributed by atoms with Gasteiger partial charge in [-0.3, -0.25) is 4.79 Å². The fraction of sp³-hybridized carbons (Fsp3) is 0.278. The number of thioether (sulfide) groups is 2. The molecule has 0 spiro atoms. The number of hydrogen-bond acceptors (Lipinski definition) is 3. The zero-order valence-corrected chi connectivity index (χ0v) is 16.4. The first-order chi connectivity index (χ1) is 11.6. The highest BCUT2D eigenvalue weighted by Gasteiger charge is 2.17. The molecule has 1 atom stereocenters. The molecule has 0 saturated carbocycles. The summed E-state index contributed by atoms with van der Waals surface area (Å²) in [5.41, 5.74) is 0. The molecule has 0 aliphatic heterocycles. The van der Waals surface area contributed by atoms with Crippen molar-refractivity contribution in [2.45, 2.75) is 28.4 Å². The summed E-state index contributed by atoms with van der Waals surface area (Å²) in [7, 11) is 0. The van der Waals surface area contributed by atoms with Crippen LogP contribution < -0.4 is 5.32 Å². The Morgan fingerprint density at radius 2 is 1.54 bits per heavy atom. The highest BCUT2D eigenvalue weighted by Crippen LogP contribution is 2.27. The number of benzene rings is 2. The molecule has 6 heteroatoms. The van der Waals surface area contributed by atoms with Crippen molar-refractivity contribution in [3.05, 3.63) is 58.6 Å². The van der Waals surface area contributed by atoms with E-state index in [-0.39, 0.29) is 11.2 Å². The van der Waals surface area contributed by atoms with E-state index in [1.54, 1.807) is 23.5 Å². The molecule has 128 valence electrons. The minimum Gasteiger partial charge on any atom is -0.354 e. The largest absolute Gasteiger partial charge is 0.354 e. The Hall–Kier alpha value is -0.810. The van der Waals surface area contributed by atoms with Crippen molar-refractivity contribution in [2.75, 3.05) is 12.3 Å². The normalized spacial score (nSPS) is 12.0. The van der Waals surface area contributed by atoms with Crippen molar-refractivity contribution >= 4 is 52.6 Å². The van der Waals surface area contributed by atoms with E-state index in [1.807, 2.05) is 55.5 Å². The van der Waals surface area contributed by atoms with Gasteiger partial charge in [-0.1, -0.05) is 30.1 Å². The van der Waals surface area contributed by atoms with Crippen LogP contribution in [0.25, 0.3) is 0 Å². The second kappa shape index (κ2) is 10.2. The second-order valence-electron chi connectivity index (χ2n) is 5.06. The van der Waals surface area contributed by atoms with E-state index in [0.717, 1.165) is 27.0 Å². The van der Waals surface area contributed by atoms with Gasteiger partial charge in [0.05, 0.1) is 5.25 Å². The molecule has 0 radical (unpaired) electrons. The molecule has 0 aliphatic carbocycles. The van der Waals surface area contributed by atoms with Crippen molar-refractivity contribution < 1.29 is 4.79 Å². The highest BCUT2D eigenvalue weighted by atomic mass is 35.5. The third kappa shape index (κ3) is 6.60. The van der Waals surface area contributed by atoms with Crippen molar-refractivity contribution in [1.29, 1.82) is 0 Å². The van der Waals surface area contributed by atoms with Crippen LogP contribution in [-0.2, 0) is 4.79 Å². The monoisotopic (exact) mass is 399 g/mol. The number of halogens is 2. The first kappa shape index (κ1) is 19.5. The van der Waals surface area contributed by atoms with E-state index in [0.29, 0.717) is 11.6 Å². The Morgan fingerprint density at radius 1 is 1.00 bits per heavy atom. The van der Waals surface area contributed by atoms with Crippen LogP contribution in [0.15, 0.2) is 58.3 Å². The molecule has 2 rings (SSSR count). The molecular weight excluding hydrogens is 381 g/mol. The summed E-state index contributed by atoms with van der Waals surface area (Å²) in [5, 5.41) is 4.36. The van der Waals surface area contributed by atoms with Crippen molar-refractivity contribution in [2.24, 2.45) is 0 Å². The van der Waals surface area contributed by atoms with E-state index >= 15 is 0 Å². The van der Waals surface area contributed by atoms with E-state index < -0.39 is 0 Å². The second-order valence-corrected chi connectivity index (χ2v) is 8.38. The molecular formula is C18H19Cl2NOS2. The molecule has 2 nitrogen and oxygen atoms in total. The van der Waals surface area contributed by atoms with Gasteiger partial charge in [0.15, 0.2) is 0 Å². The quantitative estimate of drug-likeness (QED) is 0.450. The van der Waals surface area contributed by atoms with Gasteiger partial charge in [0.1, 0.15) is 0 Å². The zero-order valence-electron chi connectivity index (χ0n) is 13.3. The lowest BCUT2D eigenvalue weighted by atomic mass is 10.3. The lowest BCUT2D eigenvalue weighted by Crippen LogP contribution is -2.33. The Kier molecular flexibility index (Phi) is 8.33. The maximum Gasteiger partial charge on any atom is 0.233 e. The number of carbonyl (C=O) groups is 1. The van der Waals surface area contributed by atoms with E-state index in [4.69, 9.17) is 23.2 Å². The summed E-state index contributed by atoms with van der Waals surface area (Å²) in [6, 6.07) is 15.3. The molecule has 0 aromatic heterocycles. The number of nitrogens with one attached hydrogen (secondary N) is 1. The summed E-state index contributed by atoms with van der Waals surface area (Å²) < 4.78 is 0. The number of rotatable bonds is 8. The van der Waals surface area contributed by atoms with E-state index in [1.165, 1.54) is 0 Å². The van der Waals surface area contributed by atoms with Gasteiger partial charge in [0.2, 0.25) is 5.91 Å². The van der Waals surface area contributed by atoms with Crippen molar-refractivity contribution in [1.82, 2.24) is 5.32 Å². The molecule has 0 unspecified atom stereocenters. The maximum atomic E-state index is 12.3. The van der Waals surface area contributed by atoms with Gasteiger partial charge in [-0.2, -0.15) is 0 Å². The van der Waals surface area contributed by atoms with Gasteiger partial charge in [-0.25, -0.2) is 0 Å². The number of hydrogen-bond donors (Lipinski definition) is 1. The molecule has 0 aliphatic rings. The summed E-state index contributed by atoms with van der Waals surface area (Å²) in [6.45, 7) is 2.67. The van der Waals surface area contributed by atoms with Gasteiger partial charge in [0.25, 0.3) is 0 Å². The Labute approximate surface area is 161 Å². The van der Waals surface area contributed by atoms with E-state index in [2.05, 4.69) is 5.32 Å². The third-order valence-corrected chi connectivity index (χ3v) is 6.13. The van der Waals surface area contributed by atoms with Gasteiger partial charge in [-0.15, -0.1) is 23.5 Å². The molecule has 1 N–H and O–H groups in total. The predicted octanol–water partition coefficient (Wildman–Crippen LogP) is 5.77.